The molecule has 0 nitrogen and oxygen atoms in total. The van der Waals surface area contributed by atoms with Gasteiger partial charge in [0.1, 0.15) is 0 Å². The molecule has 0 aliphatic rings. The van der Waals surface area contributed by atoms with Crippen molar-refractivity contribution in [2.45, 2.75) is 6.42 Å². The number of halogens is 2. The van der Waals surface area contributed by atoms with Crippen molar-refractivity contribution in [3.05, 3.63) is 35.9 Å². The van der Waals surface area contributed by atoms with Crippen LogP contribution < -0.4 is 0 Å². The molecule has 1 radical (unpaired) electrons. The minimum absolute atomic E-state index is 0. The van der Waals surface area contributed by atoms with E-state index in [1.807, 2.05) is 18.2 Å². The second-order valence-corrected chi connectivity index (χ2v) is 2.23. The summed E-state index contributed by atoms with van der Waals surface area (Å²) in [6.07, 6.45) is 0.943. The average molecular weight is 176 g/mol. The lowest BCUT2D eigenvalue weighted by molar-refractivity contribution is 1.15. The van der Waals surface area contributed by atoms with E-state index in [1.54, 1.807) is 0 Å². The van der Waals surface area contributed by atoms with Crippen LogP contribution >= 0.6 is 24.0 Å². The van der Waals surface area contributed by atoms with E-state index in [2.05, 4.69) is 12.1 Å². The molecule has 1 aromatic rings. The smallest absolute Gasteiger partial charge is 0.0263 e. The predicted molar refractivity (Wildman–Crippen MR) is 47.0 cm³/mol. The Morgan fingerprint density at radius 2 is 2.30 bits per heavy atom. The van der Waals surface area contributed by atoms with Crippen LogP contribution in [0, 0.1) is 6.07 Å². The van der Waals surface area contributed by atoms with E-state index >= 15 is 0 Å². The zero-order valence-corrected chi connectivity index (χ0v) is 7.08. The molecular weight excluding hydrogens is 167 g/mol. The van der Waals surface area contributed by atoms with Crippen molar-refractivity contribution in [2.75, 3.05) is 5.88 Å². The highest BCUT2D eigenvalue weighted by molar-refractivity contribution is 6.17. The normalized spacial score (nSPS) is 8.50. The molecule has 1 rings (SSSR count). The van der Waals surface area contributed by atoms with Crippen LogP contribution in [-0.4, -0.2) is 5.88 Å². The maximum absolute atomic E-state index is 5.52. The Balaban J connectivity index is 0.000000810. The molecule has 0 amide bonds. The first kappa shape index (κ1) is 9.80. The Labute approximate surface area is 72.6 Å². The van der Waals surface area contributed by atoms with Crippen LogP contribution in [0.5, 0.6) is 0 Å². The van der Waals surface area contributed by atoms with Gasteiger partial charge in [0, 0.05) is 5.88 Å². The molecule has 0 bridgehead atoms. The van der Waals surface area contributed by atoms with Gasteiger partial charge in [0.05, 0.1) is 0 Å². The highest BCUT2D eigenvalue weighted by Gasteiger charge is 1.85. The Morgan fingerprint density at radius 1 is 1.50 bits per heavy atom. The summed E-state index contributed by atoms with van der Waals surface area (Å²) in [4.78, 5) is 0. The van der Waals surface area contributed by atoms with Gasteiger partial charge in [0.2, 0.25) is 0 Å². The molecule has 0 aromatic heterocycles. The van der Waals surface area contributed by atoms with Crippen LogP contribution in [0.1, 0.15) is 5.56 Å². The molecule has 0 atom stereocenters. The topological polar surface area (TPSA) is 0 Å². The van der Waals surface area contributed by atoms with Crippen molar-refractivity contribution in [1.29, 1.82) is 0 Å². The third-order valence-corrected chi connectivity index (χ3v) is 1.34. The average Bonchev–Trinajstić information content (AvgIpc) is 1.91. The number of hydrogen-bond acceptors (Lipinski definition) is 0. The summed E-state index contributed by atoms with van der Waals surface area (Å²) in [7, 11) is 0. The van der Waals surface area contributed by atoms with E-state index in [-0.39, 0.29) is 12.4 Å². The number of alkyl halides is 1. The summed E-state index contributed by atoms with van der Waals surface area (Å²) >= 11 is 5.52. The van der Waals surface area contributed by atoms with Crippen LogP contribution in [0.25, 0.3) is 0 Å². The van der Waals surface area contributed by atoms with Crippen molar-refractivity contribution in [1.82, 2.24) is 0 Å². The molecule has 0 spiro atoms. The Morgan fingerprint density at radius 3 is 2.80 bits per heavy atom. The Kier molecular flexibility index (Phi) is 5.46. The van der Waals surface area contributed by atoms with E-state index < -0.39 is 0 Å². The molecule has 0 fully saturated rings. The van der Waals surface area contributed by atoms with Crippen molar-refractivity contribution < 1.29 is 0 Å². The van der Waals surface area contributed by atoms with Crippen LogP contribution in [0.3, 0.4) is 0 Å². The van der Waals surface area contributed by atoms with E-state index in [4.69, 9.17) is 11.6 Å². The van der Waals surface area contributed by atoms with E-state index in [1.165, 1.54) is 5.56 Å². The van der Waals surface area contributed by atoms with Gasteiger partial charge in [-0.25, -0.2) is 0 Å². The highest BCUT2D eigenvalue weighted by atomic mass is 35.5. The number of aryl methyl sites for hydroxylation is 1. The quantitative estimate of drug-likeness (QED) is 0.607. The van der Waals surface area contributed by atoms with Gasteiger partial charge in [-0.15, -0.1) is 24.0 Å². The summed E-state index contributed by atoms with van der Waals surface area (Å²) in [5, 5.41) is 0. The van der Waals surface area contributed by atoms with Crippen molar-refractivity contribution in [2.24, 2.45) is 0 Å². The lowest BCUT2D eigenvalue weighted by Gasteiger charge is -1.92. The third kappa shape index (κ3) is 3.09. The second-order valence-electron chi connectivity index (χ2n) is 1.85. The van der Waals surface area contributed by atoms with Crippen molar-refractivity contribution in [3.8, 4) is 0 Å². The fraction of sp³-hybridized carbons (Fsp3) is 0.250. The molecule has 0 heterocycles. The van der Waals surface area contributed by atoms with Crippen LogP contribution in [0.4, 0.5) is 0 Å². The molecule has 2 heteroatoms. The maximum Gasteiger partial charge on any atom is 0.0263 e. The van der Waals surface area contributed by atoms with Crippen molar-refractivity contribution in [3.63, 3.8) is 0 Å². The fourth-order valence-electron chi connectivity index (χ4n) is 0.695. The summed E-state index contributed by atoms with van der Waals surface area (Å²) in [5.74, 6) is 0.692. The van der Waals surface area contributed by atoms with Gasteiger partial charge in [0.15, 0.2) is 0 Å². The van der Waals surface area contributed by atoms with Crippen LogP contribution in [0.2, 0.25) is 0 Å². The first-order chi connectivity index (χ1) is 4.43. The molecule has 0 aliphatic carbocycles. The lowest BCUT2D eigenvalue weighted by Crippen LogP contribution is -1.82. The zero-order chi connectivity index (χ0) is 6.53. The van der Waals surface area contributed by atoms with Gasteiger partial charge in [-0.3, -0.25) is 0 Å². The third-order valence-electron chi connectivity index (χ3n) is 1.15. The van der Waals surface area contributed by atoms with Crippen LogP contribution in [-0.2, 0) is 6.42 Å². The summed E-state index contributed by atoms with van der Waals surface area (Å²) < 4.78 is 0. The molecule has 0 aliphatic heterocycles. The first-order valence-electron chi connectivity index (χ1n) is 2.94. The Bertz CT molecular complexity index is 160. The molecule has 0 saturated carbocycles. The van der Waals surface area contributed by atoms with Crippen LogP contribution in [0.15, 0.2) is 24.3 Å². The van der Waals surface area contributed by atoms with Gasteiger partial charge in [-0.1, -0.05) is 24.3 Å². The highest BCUT2D eigenvalue weighted by Crippen LogP contribution is 1.98. The fourth-order valence-corrected chi connectivity index (χ4v) is 0.913. The molecule has 0 unspecified atom stereocenters. The number of rotatable bonds is 2. The van der Waals surface area contributed by atoms with E-state index in [0.29, 0.717) is 5.88 Å². The molecule has 10 heavy (non-hydrogen) atoms. The summed E-state index contributed by atoms with van der Waals surface area (Å²) in [6, 6.07) is 10.9. The number of benzene rings is 1. The standard InChI is InChI=1S/C8H8Cl.ClH/c9-7-6-8-4-2-1-3-5-8;/h1-2,4-5H,6-7H2;1H. The molecular formula is C8H9Cl2. The lowest BCUT2D eigenvalue weighted by atomic mass is 10.2. The van der Waals surface area contributed by atoms with Gasteiger partial charge in [0.25, 0.3) is 0 Å². The molecule has 1 aromatic carbocycles. The summed E-state index contributed by atoms with van der Waals surface area (Å²) in [5.41, 5.74) is 1.26. The van der Waals surface area contributed by atoms with E-state index in [9.17, 15) is 0 Å². The monoisotopic (exact) mass is 175 g/mol. The first-order valence-corrected chi connectivity index (χ1v) is 3.48. The van der Waals surface area contributed by atoms with E-state index in [0.717, 1.165) is 6.42 Å². The minimum atomic E-state index is 0. The SMILES string of the molecule is Cl.ClCCc1c[c]ccc1. The molecule has 0 N–H and O–H groups in total. The largest absolute Gasteiger partial charge is 0.147 e. The number of hydrogen-bond donors (Lipinski definition) is 0. The maximum atomic E-state index is 5.52. The summed E-state index contributed by atoms with van der Waals surface area (Å²) in [6.45, 7) is 0. The van der Waals surface area contributed by atoms with Crippen molar-refractivity contribution >= 4 is 24.0 Å². The van der Waals surface area contributed by atoms with Gasteiger partial charge < -0.3 is 0 Å². The minimum Gasteiger partial charge on any atom is -0.147 e. The molecule has 0 saturated heterocycles. The van der Waals surface area contributed by atoms with Gasteiger partial charge >= 0.3 is 0 Å². The van der Waals surface area contributed by atoms with Gasteiger partial charge in [-0.05, 0) is 18.1 Å². The Hall–Kier alpha value is -0.200. The predicted octanol–water partition coefficient (Wildman–Crippen LogP) is 2.69. The second kappa shape index (κ2) is 5.57. The zero-order valence-electron chi connectivity index (χ0n) is 5.51. The molecule has 55 valence electrons. The van der Waals surface area contributed by atoms with Gasteiger partial charge in [-0.2, -0.15) is 0 Å².